The number of ketones is 1. The van der Waals surface area contributed by atoms with Crippen LogP contribution in [0, 0.1) is 29.6 Å². The maximum atomic E-state index is 14.6. The molecule has 1 aromatic carbocycles. The average Bonchev–Trinajstić information content (AvgIpc) is 3.81. The highest BCUT2D eigenvalue weighted by Gasteiger charge is 2.54. The Kier molecular flexibility index (Phi) is 21.9. The third kappa shape index (κ3) is 13.6. The number of hydrogen-bond donors (Lipinski definition) is 4. The highest BCUT2D eigenvalue weighted by molar-refractivity contribution is 5.83. The van der Waals surface area contributed by atoms with E-state index in [0.29, 0.717) is 31.5 Å². The van der Waals surface area contributed by atoms with E-state index in [-0.39, 0.29) is 43.0 Å². The fraction of sp³-hybridized carbons (Fsp3) is 0.808. The summed E-state index contributed by atoms with van der Waals surface area (Å²) in [5, 5.41) is 55.0. The van der Waals surface area contributed by atoms with Crippen molar-refractivity contribution in [3.63, 3.8) is 0 Å². The number of methoxy groups -OCH3 is 3. The minimum atomic E-state index is -1.93. The third-order valence-electron chi connectivity index (χ3n) is 15.8. The summed E-state index contributed by atoms with van der Waals surface area (Å²) in [5.74, 6) is -2.80. The van der Waals surface area contributed by atoms with Gasteiger partial charge < -0.3 is 58.5 Å². The number of halogens is 1. The highest BCUT2D eigenvalue weighted by Crippen LogP contribution is 2.45. The maximum absolute atomic E-state index is 14.6. The first kappa shape index (κ1) is 59.6. The van der Waals surface area contributed by atoms with Crippen molar-refractivity contribution in [1.29, 1.82) is 0 Å². The van der Waals surface area contributed by atoms with Gasteiger partial charge in [-0.05, 0) is 84.2 Å². The van der Waals surface area contributed by atoms with Gasteiger partial charge in [0.15, 0.2) is 6.29 Å². The Balaban J connectivity index is 1.65. The minimum Gasteiger partial charge on any atom is -0.461 e. The van der Waals surface area contributed by atoms with Gasteiger partial charge >= 0.3 is 0 Å². The number of alkyl halides is 1. The fourth-order valence-electron chi connectivity index (χ4n) is 11.5. The number of aromatic nitrogens is 3. The van der Waals surface area contributed by atoms with Crippen molar-refractivity contribution in [3.8, 4) is 0 Å². The van der Waals surface area contributed by atoms with Crippen LogP contribution in [0.5, 0.6) is 0 Å². The molecule has 400 valence electrons. The van der Waals surface area contributed by atoms with Crippen LogP contribution in [0.2, 0.25) is 0 Å². The van der Waals surface area contributed by atoms with Gasteiger partial charge in [0.2, 0.25) is 0 Å². The van der Waals surface area contributed by atoms with Gasteiger partial charge in [0.05, 0.1) is 47.4 Å². The van der Waals surface area contributed by atoms with Gasteiger partial charge in [-0.15, -0.1) is 5.10 Å². The van der Waals surface area contributed by atoms with Crippen molar-refractivity contribution in [2.24, 2.45) is 29.6 Å². The van der Waals surface area contributed by atoms with Gasteiger partial charge in [0.1, 0.15) is 48.5 Å². The molecule has 4 rings (SSSR count). The lowest BCUT2D eigenvalue weighted by Gasteiger charge is -2.52. The van der Waals surface area contributed by atoms with Crippen LogP contribution >= 0.6 is 0 Å². The van der Waals surface area contributed by atoms with Crippen LogP contribution in [0.4, 0.5) is 4.39 Å². The Morgan fingerprint density at radius 3 is 2.30 bits per heavy atom. The van der Waals surface area contributed by atoms with Gasteiger partial charge in [-0.2, -0.15) is 0 Å². The summed E-state index contributed by atoms with van der Waals surface area (Å²) >= 11 is 0. The normalized spacial score (nSPS) is 30.0. The first-order valence-electron chi connectivity index (χ1n) is 25.1. The van der Waals surface area contributed by atoms with E-state index in [0.717, 1.165) is 5.56 Å². The first-order chi connectivity index (χ1) is 32.9. The van der Waals surface area contributed by atoms with Crippen LogP contribution in [-0.2, 0) is 49.2 Å². The molecule has 2 aliphatic rings. The molecule has 0 radical (unpaired) electrons. The number of aliphatic hydroxyl groups is 4. The monoisotopic (exact) mass is 995 g/mol. The average molecular weight is 995 g/mol. The molecule has 70 heavy (non-hydrogen) atoms. The second-order valence-electron chi connectivity index (χ2n) is 21.2. The predicted octanol–water partition coefficient (Wildman–Crippen LogP) is 5.45. The molecule has 0 spiro atoms. The number of benzene rings is 1. The van der Waals surface area contributed by atoms with Crippen LogP contribution in [0.25, 0.3) is 0 Å². The summed E-state index contributed by atoms with van der Waals surface area (Å²) < 4.78 is 59.5. The Labute approximate surface area is 416 Å². The van der Waals surface area contributed by atoms with E-state index in [1.54, 1.807) is 48.3 Å². The Hall–Kier alpha value is -3.01. The summed E-state index contributed by atoms with van der Waals surface area (Å²) in [4.78, 5) is 27.6. The van der Waals surface area contributed by atoms with Gasteiger partial charge in [-0.1, -0.05) is 77.1 Å². The number of nitrogens with zero attached hydrogens (tertiary/aromatic N) is 4. The molecule has 0 aliphatic carbocycles. The molecule has 1 aromatic heterocycles. The van der Waals surface area contributed by atoms with Crippen molar-refractivity contribution >= 4 is 12.3 Å². The van der Waals surface area contributed by atoms with Crippen molar-refractivity contribution in [1.82, 2.24) is 19.9 Å². The smallest absolute Gasteiger partial charge is 0.293 e. The van der Waals surface area contributed by atoms with E-state index in [4.69, 9.17) is 33.2 Å². The van der Waals surface area contributed by atoms with E-state index >= 15 is 0 Å². The van der Waals surface area contributed by atoms with Gasteiger partial charge in [0.25, 0.3) is 6.47 Å². The molecule has 0 bridgehead atoms. The summed E-state index contributed by atoms with van der Waals surface area (Å²) in [6.45, 7) is 20.0. The summed E-state index contributed by atoms with van der Waals surface area (Å²) in [6.07, 6.45) is -5.18. The molecule has 2 aromatic rings. The van der Waals surface area contributed by atoms with Gasteiger partial charge in [-0.3, -0.25) is 9.59 Å². The lowest BCUT2D eigenvalue weighted by molar-refractivity contribution is -0.304. The van der Waals surface area contributed by atoms with Gasteiger partial charge in [0, 0.05) is 64.8 Å². The van der Waals surface area contributed by atoms with E-state index in [2.05, 4.69) is 24.2 Å². The molecular weight excluding hydrogens is 908 g/mol. The van der Waals surface area contributed by atoms with Crippen molar-refractivity contribution in [2.75, 3.05) is 41.6 Å². The molecule has 19 atom stereocenters. The van der Waals surface area contributed by atoms with Crippen LogP contribution in [0.3, 0.4) is 0 Å². The molecule has 2 fully saturated rings. The number of rotatable bonds is 28. The quantitative estimate of drug-likeness (QED) is 0.0781. The second-order valence-corrected chi connectivity index (χ2v) is 21.2. The summed E-state index contributed by atoms with van der Waals surface area (Å²) in [5.41, 5.74) is -2.60. The zero-order valence-electron chi connectivity index (χ0n) is 44.4. The third-order valence-corrected chi connectivity index (χ3v) is 15.8. The number of carbonyl (C=O) groups is 2. The van der Waals surface area contributed by atoms with E-state index < -0.39 is 108 Å². The first-order valence-corrected chi connectivity index (χ1v) is 25.1. The SMILES string of the molecule is CC[C@@H](OC=O)[C@@](C)(O)[C@H](O)[C@@H](C)C(=O)[C@H](C)C[C@@](C)(OC)[C@H](O[C@@H]1O[C@H](C)C[C@H](N(C)CCc2cn([C@H](CF)[C@H](OC)c3ccccc3)nn2)[C@H]1O)[C@@H](C)C(C(C)C)[C@H]1C[C@@](C)(OC)[C@@H](O)[C@H](C)O1. The lowest BCUT2D eigenvalue weighted by atomic mass is 9.68. The molecule has 18 heteroatoms. The number of aliphatic hydroxyl groups excluding tert-OH is 3. The van der Waals surface area contributed by atoms with E-state index in [1.165, 1.54) is 11.6 Å². The molecular formula is C52H87FN4O13. The summed E-state index contributed by atoms with van der Waals surface area (Å²) in [6, 6.07) is 8.26. The topological polar surface area (TPSA) is 214 Å². The van der Waals surface area contributed by atoms with Crippen molar-refractivity contribution in [3.05, 3.63) is 47.8 Å². The predicted molar refractivity (Wildman–Crippen MR) is 260 cm³/mol. The fourth-order valence-corrected chi connectivity index (χ4v) is 11.5. The molecule has 2 aliphatic heterocycles. The molecule has 0 saturated carbocycles. The zero-order valence-corrected chi connectivity index (χ0v) is 44.4. The number of hydrogen-bond acceptors (Lipinski definition) is 16. The van der Waals surface area contributed by atoms with Crippen LogP contribution < -0.4 is 0 Å². The van der Waals surface area contributed by atoms with Crippen molar-refractivity contribution in [2.45, 2.75) is 198 Å². The minimum absolute atomic E-state index is 0.000758. The Bertz CT molecular complexity index is 1900. The summed E-state index contributed by atoms with van der Waals surface area (Å²) in [7, 11) is 6.59. The lowest BCUT2D eigenvalue weighted by Crippen LogP contribution is -2.61. The number of carbonyl (C=O) groups excluding carboxylic acids is 2. The van der Waals surface area contributed by atoms with Crippen LogP contribution in [-0.4, -0.2) is 172 Å². The molecule has 2 saturated heterocycles. The maximum Gasteiger partial charge on any atom is 0.293 e. The van der Waals surface area contributed by atoms with Crippen molar-refractivity contribution < 1.29 is 67.6 Å². The highest BCUT2D eigenvalue weighted by atomic mass is 19.1. The molecule has 4 N–H and O–H groups in total. The van der Waals surface area contributed by atoms with Gasteiger partial charge in [-0.25, -0.2) is 9.07 Å². The number of ether oxygens (including phenoxy) is 7. The Morgan fingerprint density at radius 2 is 1.74 bits per heavy atom. The standard InChI is InChI=1S/C52H87FN4O13/c1-16-41(67-29-58)52(11,63)46(61)34(7)43(59)31(4)25-51(10,66-15)48(33(6)42(30(2)3)40-26-50(9,65-14)47(62)35(8)69-40)70-49-44(60)38(24-32(5)68-49)56(12)23-22-37-28-57(55-54-37)39(27-53)45(64-13)36-20-18-17-19-21-36/h17-21,28-35,38-42,44-49,60-63H,16,22-27H2,1-15H3/t31-,32-,33+,34+,35+,38+,39-,40-,41-,42?,44-,45-,46-,47+,48-,49+,50-,51-,52-/m1/s1. The molecule has 0 amide bonds. The Morgan fingerprint density at radius 1 is 1.09 bits per heavy atom. The van der Waals surface area contributed by atoms with Crippen LogP contribution in [0.1, 0.15) is 125 Å². The molecule has 3 heterocycles. The molecule has 1 unspecified atom stereocenters. The van der Waals surface area contributed by atoms with E-state index in [1.807, 2.05) is 76.9 Å². The van der Waals surface area contributed by atoms with Crippen LogP contribution in [0.15, 0.2) is 36.5 Å². The zero-order chi connectivity index (χ0) is 52.5. The number of likely N-dealkylation sites (N-methyl/N-ethyl adjacent to an activating group) is 1. The number of Topliss-reactive ketones (excluding diaryl/α,β-unsaturated/α-hetero) is 1. The molecule has 17 nitrogen and oxygen atoms in total. The largest absolute Gasteiger partial charge is 0.461 e. The second kappa shape index (κ2) is 25.8. The van der Waals surface area contributed by atoms with E-state index in [9.17, 15) is 34.4 Å².